The number of ether oxygens (including phenoxy) is 2. The van der Waals surface area contributed by atoms with E-state index in [1.54, 1.807) is 6.07 Å². The summed E-state index contributed by atoms with van der Waals surface area (Å²) in [6, 6.07) is 11.2. The lowest BCUT2D eigenvalue weighted by molar-refractivity contribution is 0.253. The molecular weight excluding hydrogens is 558 g/mol. The summed E-state index contributed by atoms with van der Waals surface area (Å²) in [7, 11) is -3.96. The molecule has 8 nitrogen and oxygen atoms in total. The van der Waals surface area contributed by atoms with Crippen molar-refractivity contribution in [1.82, 2.24) is 0 Å². The second-order valence-corrected chi connectivity index (χ2v) is 17.4. The highest BCUT2D eigenvalue weighted by Gasteiger charge is 2.43. The van der Waals surface area contributed by atoms with E-state index in [0.717, 1.165) is 17.0 Å². The predicted octanol–water partition coefficient (Wildman–Crippen LogP) is 6.70. The summed E-state index contributed by atoms with van der Waals surface area (Å²) in [5.41, 5.74) is -0.428. The van der Waals surface area contributed by atoms with Gasteiger partial charge in [0, 0.05) is 23.8 Å². The van der Waals surface area contributed by atoms with Gasteiger partial charge in [-0.05, 0) is 42.4 Å². The molecule has 0 N–H and O–H groups in total. The zero-order valence-corrected chi connectivity index (χ0v) is 25.2. The van der Waals surface area contributed by atoms with Gasteiger partial charge in [-0.1, -0.05) is 32.9 Å². The molecule has 0 aromatic heterocycles. The molecule has 0 fully saturated rings. The van der Waals surface area contributed by atoms with Gasteiger partial charge in [0.05, 0.1) is 32.1 Å². The van der Waals surface area contributed by atoms with Crippen LogP contribution in [0.25, 0.3) is 0 Å². The molecule has 0 radical (unpaired) electrons. The van der Waals surface area contributed by atoms with Gasteiger partial charge in [-0.25, -0.2) is 22.0 Å². The molecule has 0 saturated carbocycles. The number of carbonyl (C=O) groups excluding carboxylic acids is 1. The minimum Gasteiger partial charge on any atom is -0.543 e. The van der Waals surface area contributed by atoms with E-state index in [-0.39, 0.29) is 32.8 Å². The van der Waals surface area contributed by atoms with Gasteiger partial charge in [-0.3, -0.25) is 4.90 Å². The number of sulfonamides is 1. The second-order valence-electron chi connectivity index (χ2n) is 10.9. The van der Waals surface area contributed by atoms with Crippen LogP contribution in [0.5, 0.6) is 17.2 Å². The van der Waals surface area contributed by atoms with Gasteiger partial charge in [0.2, 0.25) is 8.32 Å². The molecule has 1 heterocycles. The van der Waals surface area contributed by atoms with Gasteiger partial charge in [0.25, 0.3) is 10.0 Å². The molecule has 1 aliphatic heterocycles. The van der Waals surface area contributed by atoms with E-state index < -0.39 is 48.1 Å². The Morgan fingerprint density at radius 2 is 1.50 bits per heavy atom. The lowest BCUT2D eigenvalue weighted by Crippen LogP contribution is -2.50. The molecule has 12 heteroatoms. The molecule has 0 bridgehead atoms. The van der Waals surface area contributed by atoms with Crippen molar-refractivity contribution in [3.05, 3.63) is 71.8 Å². The van der Waals surface area contributed by atoms with Gasteiger partial charge in [-0.15, -0.1) is 0 Å². The fourth-order valence-electron chi connectivity index (χ4n) is 4.06. The van der Waals surface area contributed by atoms with E-state index in [9.17, 15) is 13.2 Å². The maximum absolute atomic E-state index is 15.4. The Morgan fingerprint density at radius 3 is 2.08 bits per heavy atom. The third-order valence-electron chi connectivity index (χ3n) is 7.29. The summed E-state index contributed by atoms with van der Waals surface area (Å²) in [5.74, 6) is -1.24. The Morgan fingerprint density at radius 1 is 0.900 bits per heavy atom. The zero-order chi connectivity index (χ0) is 29.6. The highest BCUT2D eigenvalue weighted by Crippen LogP contribution is 2.42. The van der Waals surface area contributed by atoms with Crippen LogP contribution in [0.3, 0.4) is 0 Å². The average molecular weight is 591 g/mol. The molecule has 2 amide bonds. The van der Waals surface area contributed by atoms with Gasteiger partial charge in [0.1, 0.15) is 22.3 Å². The molecule has 4 rings (SSSR count). The van der Waals surface area contributed by atoms with Crippen molar-refractivity contribution in [2.45, 2.75) is 50.3 Å². The third kappa shape index (κ3) is 5.13. The quantitative estimate of drug-likeness (QED) is 0.285. The van der Waals surface area contributed by atoms with Crippen molar-refractivity contribution in [1.29, 1.82) is 0 Å². The molecule has 0 unspecified atom stereocenters. The number of urea groups is 1. The number of benzene rings is 3. The Balaban J connectivity index is 1.78. The fourth-order valence-corrected chi connectivity index (χ4v) is 6.66. The van der Waals surface area contributed by atoms with Crippen LogP contribution < -0.4 is 23.1 Å². The third-order valence-corrected chi connectivity index (χ3v) is 13.4. The van der Waals surface area contributed by atoms with Crippen LogP contribution in [0.2, 0.25) is 18.1 Å². The number of fused-ring (bicyclic) bond motifs is 1. The number of hydrogen-bond donors (Lipinski definition) is 0. The monoisotopic (exact) mass is 590 g/mol. The van der Waals surface area contributed by atoms with Crippen molar-refractivity contribution in [3.8, 4) is 17.2 Å². The number of carbonyl (C=O) groups is 1. The van der Waals surface area contributed by atoms with Gasteiger partial charge in [-0.2, -0.15) is 4.31 Å². The van der Waals surface area contributed by atoms with Gasteiger partial charge < -0.3 is 13.9 Å². The summed E-state index contributed by atoms with van der Waals surface area (Å²) < 4.78 is 75.1. The SMILES string of the molecule is COc1ccc(N2C(=O)N(Cc3c(F)cc(O[Si](C)(C)C(C)(C)C)cc3F)c3ccccc3S2(=O)=O)cc1OC. The molecule has 0 aliphatic carbocycles. The lowest BCUT2D eigenvalue weighted by atomic mass is 10.1. The Hall–Kier alpha value is -3.64. The van der Waals surface area contributed by atoms with Crippen LogP contribution in [0, 0.1) is 11.6 Å². The number of methoxy groups -OCH3 is 2. The Kier molecular flexibility index (Phi) is 7.63. The number of amides is 2. The minimum absolute atomic E-state index is 0.00428. The first-order chi connectivity index (χ1) is 18.6. The predicted molar refractivity (Wildman–Crippen MR) is 151 cm³/mol. The molecule has 0 saturated heterocycles. The molecule has 0 spiro atoms. The van der Waals surface area contributed by atoms with E-state index in [1.807, 2.05) is 33.9 Å². The maximum atomic E-state index is 15.4. The Labute approximate surface area is 234 Å². The fraction of sp³-hybridized carbons (Fsp3) is 0.321. The topological polar surface area (TPSA) is 85.4 Å². The van der Waals surface area contributed by atoms with Gasteiger partial charge >= 0.3 is 6.03 Å². The molecule has 214 valence electrons. The van der Waals surface area contributed by atoms with Crippen LogP contribution in [-0.4, -0.2) is 37.0 Å². The highest BCUT2D eigenvalue weighted by atomic mass is 32.2. The number of para-hydroxylation sites is 1. The summed E-state index contributed by atoms with van der Waals surface area (Å²) >= 11 is 0. The van der Waals surface area contributed by atoms with E-state index in [1.165, 1.54) is 50.6 Å². The number of rotatable bonds is 7. The number of halogens is 2. The molecule has 0 atom stereocenters. The number of nitrogens with zero attached hydrogens (tertiary/aromatic N) is 2. The van der Waals surface area contributed by atoms with E-state index in [0.29, 0.717) is 10.1 Å². The van der Waals surface area contributed by atoms with Crippen molar-refractivity contribution in [2.75, 3.05) is 23.4 Å². The van der Waals surface area contributed by atoms with Crippen LogP contribution in [0.1, 0.15) is 26.3 Å². The van der Waals surface area contributed by atoms with Crippen molar-refractivity contribution in [3.63, 3.8) is 0 Å². The zero-order valence-electron chi connectivity index (χ0n) is 23.4. The first-order valence-electron chi connectivity index (χ1n) is 12.5. The minimum atomic E-state index is -4.37. The van der Waals surface area contributed by atoms with Crippen molar-refractivity contribution in [2.24, 2.45) is 0 Å². The number of anilines is 2. The lowest BCUT2D eigenvalue weighted by Gasteiger charge is -2.37. The first kappa shape index (κ1) is 29.3. The summed E-state index contributed by atoms with van der Waals surface area (Å²) in [5, 5.41) is -0.193. The largest absolute Gasteiger partial charge is 0.543 e. The molecule has 1 aliphatic rings. The van der Waals surface area contributed by atoms with E-state index in [4.69, 9.17) is 13.9 Å². The smallest absolute Gasteiger partial charge is 0.343 e. The summed E-state index contributed by atoms with van der Waals surface area (Å²) in [6.07, 6.45) is 0. The van der Waals surface area contributed by atoms with Crippen LogP contribution >= 0.6 is 0 Å². The van der Waals surface area contributed by atoms with Crippen molar-refractivity contribution >= 4 is 35.7 Å². The van der Waals surface area contributed by atoms with Gasteiger partial charge in [0.15, 0.2) is 11.5 Å². The molecular formula is C28H32F2N2O6SSi. The standard InChI is InChI=1S/C28H32F2N2O6SSi/c1-28(2,3)40(6,7)38-19-15-21(29)20(22(30)16-19)17-31-23-10-8-9-11-26(23)39(34,35)32(27(31)33)18-12-13-24(36-4)25(14-18)37-5/h8-16H,17H2,1-7H3. The molecule has 40 heavy (non-hydrogen) atoms. The van der Waals surface area contributed by atoms with Crippen LogP contribution in [-0.2, 0) is 16.6 Å². The molecule has 3 aromatic carbocycles. The number of hydrogen-bond acceptors (Lipinski definition) is 6. The second kappa shape index (κ2) is 10.4. The average Bonchev–Trinajstić information content (AvgIpc) is 2.86. The normalized spacial score (nSPS) is 15.1. The van der Waals surface area contributed by atoms with Crippen molar-refractivity contribution < 1.29 is 35.9 Å². The summed E-state index contributed by atoms with van der Waals surface area (Å²) in [6.45, 7) is 9.40. The first-order valence-corrected chi connectivity index (χ1v) is 16.8. The van der Waals surface area contributed by atoms with Crippen LogP contribution in [0.4, 0.5) is 25.0 Å². The summed E-state index contributed by atoms with van der Waals surface area (Å²) in [4.78, 5) is 14.6. The molecule has 3 aromatic rings. The highest BCUT2D eigenvalue weighted by molar-refractivity contribution is 7.94. The van der Waals surface area contributed by atoms with Crippen LogP contribution in [0.15, 0.2) is 59.5 Å². The van der Waals surface area contributed by atoms with E-state index >= 15 is 8.78 Å². The Bertz CT molecular complexity index is 1550. The maximum Gasteiger partial charge on any atom is 0.343 e. The van der Waals surface area contributed by atoms with E-state index in [2.05, 4.69) is 0 Å².